The lowest BCUT2D eigenvalue weighted by molar-refractivity contribution is 0.1000. The molecule has 0 saturated heterocycles. The average Bonchev–Trinajstić information content (AvgIpc) is 2.40. The Labute approximate surface area is 127 Å². The smallest absolute Gasteiger partial charge is 0.248 e. The van der Waals surface area contributed by atoms with E-state index in [4.69, 9.17) is 5.73 Å². The van der Waals surface area contributed by atoms with Crippen molar-refractivity contribution in [3.05, 3.63) is 35.1 Å². The van der Waals surface area contributed by atoms with E-state index in [2.05, 4.69) is 26.1 Å². The zero-order valence-electron chi connectivity index (χ0n) is 13.3. The van der Waals surface area contributed by atoms with E-state index in [0.717, 1.165) is 13.0 Å². The molecule has 1 rings (SSSR count). The zero-order valence-corrected chi connectivity index (χ0v) is 13.3. The van der Waals surface area contributed by atoms with Crippen LogP contribution in [-0.2, 0) is 6.54 Å². The number of nitrogens with two attached hydrogens (primary N) is 1. The van der Waals surface area contributed by atoms with Crippen molar-refractivity contribution in [2.75, 3.05) is 6.54 Å². The molecule has 0 aliphatic carbocycles. The Kier molecular flexibility index (Phi) is 6.82. The van der Waals surface area contributed by atoms with Crippen LogP contribution in [0.25, 0.3) is 0 Å². The first-order chi connectivity index (χ1) is 9.85. The fourth-order valence-electron chi connectivity index (χ4n) is 2.34. The first-order valence-corrected chi connectivity index (χ1v) is 7.64. The van der Waals surface area contributed by atoms with E-state index in [0.29, 0.717) is 17.7 Å². The van der Waals surface area contributed by atoms with E-state index < -0.39 is 5.91 Å². The lowest BCUT2D eigenvalue weighted by Crippen LogP contribution is -2.29. The number of amides is 1. The Morgan fingerprint density at radius 1 is 1.33 bits per heavy atom. The van der Waals surface area contributed by atoms with Gasteiger partial charge in [-0.1, -0.05) is 40.0 Å². The molecule has 0 bridgehead atoms. The number of benzene rings is 1. The van der Waals surface area contributed by atoms with Crippen LogP contribution in [-0.4, -0.2) is 12.5 Å². The highest BCUT2D eigenvalue weighted by Crippen LogP contribution is 2.23. The van der Waals surface area contributed by atoms with Crippen LogP contribution in [0.3, 0.4) is 0 Å². The maximum atomic E-state index is 13.7. The third kappa shape index (κ3) is 6.25. The van der Waals surface area contributed by atoms with E-state index in [9.17, 15) is 9.18 Å². The molecule has 1 aromatic carbocycles. The van der Waals surface area contributed by atoms with Crippen molar-refractivity contribution in [2.24, 2.45) is 11.1 Å². The van der Waals surface area contributed by atoms with Crippen LogP contribution in [0.15, 0.2) is 18.2 Å². The number of carbonyl (C=O) groups is 1. The van der Waals surface area contributed by atoms with Crippen LogP contribution >= 0.6 is 0 Å². The van der Waals surface area contributed by atoms with Gasteiger partial charge < -0.3 is 11.1 Å². The average molecular weight is 294 g/mol. The zero-order chi connectivity index (χ0) is 15.9. The highest BCUT2D eigenvalue weighted by atomic mass is 19.1. The van der Waals surface area contributed by atoms with Crippen molar-refractivity contribution < 1.29 is 9.18 Å². The van der Waals surface area contributed by atoms with Gasteiger partial charge in [0.1, 0.15) is 5.82 Å². The monoisotopic (exact) mass is 294 g/mol. The van der Waals surface area contributed by atoms with Gasteiger partial charge in [0.25, 0.3) is 0 Å². The second-order valence-electron chi connectivity index (χ2n) is 6.40. The molecule has 0 heterocycles. The standard InChI is InChI=1S/C17H27FN2O/c1-4-5-6-9-17(2,3)12-20-11-14-10-13(16(19)21)7-8-15(14)18/h7-8,10,20H,4-6,9,11-12H2,1-3H3,(H2,19,21). The van der Waals surface area contributed by atoms with Gasteiger partial charge in [0.05, 0.1) is 0 Å². The molecule has 0 radical (unpaired) electrons. The number of halogens is 1. The summed E-state index contributed by atoms with van der Waals surface area (Å²) >= 11 is 0. The van der Waals surface area contributed by atoms with Gasteiger partial charge in [0.2, 0.25) is 5.91 Å². The normalized spacial score (nSPS) is 11.6. The highest BCUT2D eigenvalue weighted by Gasteiger charge is 2.17. The second kappa shape index (κ2) is 8.13. The van der Waals surface area contributed by atoms with Crippen molar-refractivity contribution in [3.63, 3.8) is 0 Å². The molecule has 1 amide bonds. The highest BCUT2D eigenvalue weighted by molar-refractivity contribution is 5.92. The van der Waals surface area contributed by atoms with Crippen LogP contribution in [0, 0.1) is 11.2 Å². The van der Waals surface area contributed by atoms with Crippen molar-refractivity contribution in [2.45, 2.75) is 53.0 Å². The number of nitrogens with one attached hydrogen (secondary N) is 1. The van der Waals surface area contributed by atoms with Crippen LogP contribution in [0.1, 0.15) is 62.4 Å². The fourth-order valence-corrected chi connectivity index (χ4v) is 2.34. The minimum atomic E-state index is -0.531. The van der Waals surface area contributed by atoms with Crippen molar-refractivity contribution >= 4 is 5.91 Å². The number of rotatable bonds is 9. The predicted molar refractivity (Wildman–Crippen MR) is 84.5 cm³/mol. The van der Waals surface area contributed by atoms with Gasteiger partial charge >= 0.3 is 0 Å². The first kappa shape index (κ1) is 17.6. The SMILES string of the molecule is CCCCCC(C)(C)CNCc1cc(C(N)=O)ccc1F. The summed E-state index contributed by atoms with van der Waals surface area (Å²) in [5.74, 6) is -0.840. The van der Waals surface area contributed by atoms with E-state index >= 15 is 0 Å². The third-order valence-electron chi connectivity index (χ3n) is 3.71. The summed E-state index contributed by atoms with van der Waals surface area (Å²) in [6, 6.07) is 4.23. The molecule has 0 unspecified atom stereocenters. The lowest BCUT2D eigenvalue weighted by atomic mass is 9.87. The minimum Gasteiger partial charge on any atom is -0.366 e. The summed E-state index contributed by atoms with van der Waals surface area (Å²) in [5, 5.41) is 3.28. The Balaban J connectivity index is 2.51. The van der Waals surface area contributed by atoms with Crippen LogP contribution in [0.5, 0.6) is 0 Å². The summed E-state index contributed by atoms with van der Waals surface area (Å²) in [4.78, 5) is 11.1. The summed E-state index contributed by atoms with van der Waals surface area (Å²) < 4.78 is 13.7. The molecule has 0 aliphatic heterocycles. The maximum Gasteiger partial charge on any atom is 0.248 e. The molecule has 4 heteroatoms. The molecule has 1 aromatic rings. The summed E-state index contributed by atoms with van der Waals surface area (Å²) in [7, 11) is 0. The Hall–Kier alpha value is -1.42. The van der Waals surface area contributed by atoms with E-state index in [1.165, 1.54) is 37.5 Å². The third-order valence-corrected chi connectivity index (χ3v) is 3.71. The summed E-state index contributed by atoms with van der Waals surface area (Å²) in [6.07, 6.45) is 4.84. The number of primary amides is 1. The molecule has 0 aliphatic rings. The lowest BCUT2D eigenvalue weighted by Gasteiger charge is -2.25. The molecular weight excluding hydrogens is 267 g/mol. The molecule has 0 saturated carbocycles. The number of unbranched alkanes of at least 4 members (excludes halogenated alkanes) is 2. The molecule has 0 atom stereocenters. The topological polar surface area (TPSA) is 55.1 Å². The minimum absolute atomic E-state index is 0.187. The van der Waals surface area contributed by atoms with E-state index in [1.807, 2.05) is 0 Å². The molecule has 118 valence electrons. The van der Waals surface area contributed by atoms with Crippen molar-refractivity contribution in [1.29, 1.82) is 0 Å². The Bertz CT molecular complexity index is 472. The van der Waals surface area contributed by atoms with Crippen LogP contribution in [0.2, 0.25) is 0 Å². The van der Waals surface area contributed by atoms with Gasteiger partial charge in [-0.05, 0) is 30.0 Å². The molecule has 3 nitrogen and oxygen atoms in total. The molecule has 0 fully saturated rings. The van der Waals surface area contributed by atoms with Crippen LogP contribution < -0.4 is 11.1 Å². The summed E-state index contributed by atoms with van der Waals surface area (Å²) in [6.45, 7) is 7.85. The summed E-state index contributed by atoms with van der Waals surface area (Å²) in [5.41, 5.74) is 6.23. The largest absolute Gasteiger partial charge is 0.366 e. The predicted octanol–water partition coefficient (Wildman–Crippen LogP) is 3.62. The number of hydrogen-bond donors (Lipinski definition) is 2. The Morgan fingerprint density at radius 3 is 2.67 bits per heavy atom. The Morgan fingerprint density at radius 2 is 2.05 bits per heavy atom. The van der Waals surface area contributed by atoms with Gasteiger partial charge in [-0.25, -0.2) is 4.39 Å². The van der Waals surface area contributed by atoms with Gasteiger partial charge in [-0.15, -0.1) is 0 Å². The molecule has 21 heavy (non-hydrogen) atoms. The molecule has 0 spiro atoms. The first-order valence-electron chi connectivity index (χ1n) is 7.64. The second-order valence-corrected chi connectivity index (χ2v) is 6.40. The maximum absolute atomic E-state index is 13.7. The van der Waals surface area contributed by atoms with E-state index in [-0.39, 0.29) is 11.2 Å². The van der Waals surface area contributed by atoms with Gasteiger partial charge in [0.15, 0.2) is 0 Å². The van der Waals surface area contributed by atoms with E-state index in [1.54, 1.807) is 0 Å². The van der Waals surface area contributed by atoms with Gasteiger partial charge in [0, 0.05) is 24.2 Å². The number of carbonyl (C=O) groups excluding carboxylic acids is 1. The number of hydrogen-bond acceptors (Lipinski definition) is 2. The van der Waals surface area contributed by atoms with Crippen molar-refractivity contribution in [1.82, 2.24) is 5.32 Å². The van der Waals surface area contributed by atoms with Crippen molar-refractivity contribution in [3.8, 4) is 0 Å². The fraction of sp³-hybridized carbons (Fsp3) is 0.588. The van der Waals surface area contributed by atoms with Gasteiger partial charge in [-0.2, -0.15) is 0 Å². The molecule has 0 aromatic heterocycles. The molecule has 3 N–H and O–H groups in total. The van der Waals surface area contributed by atoms with Crippen LogP contribution in [0.4, 0.5) is 4.39 Å². The molecular formula is C17H27FN2O. The quantitative estimate of drug-likeness (QED) is 0.683. The van der Waals surface area contributed by atoms with Gasteiger partial charge in [-0.3, -0.25) is 4.79 Å².